The van der Waals surface area contributed by atoms with Gasteiger partial charge >= 0.3 is 0 Å². The van der Waals surface area contributed by atoms with Crippen LogP contribution in [0.25, 0.3) is 5.69 Å². The summed E-state index contributed by atoms with van der Waals surface area (Å²) in [5, 5.41) is 8.54. The molecule has 2 aliphatic rings. The minimum absolute atomic E-state index is 0.0757. The van der Waals surface area contributed by atoms with Crippen LogP contribution in [-0.2, 0) is 0 Å². The standard InChI is InChI=1S/C19H24ClN5O/c1-2-11-24(14-9-10-21-12-14)19(26)17-22-18(13-7-8-13)25(23-17)16-6-4-3-5-15(16)20/h3-6,13-14,21H,2,7-12H2,1H3. The third-order valence-corrected chi connectivity index (χ3v) is 5.37. The van der Waals surface area contributed by atoms with Gasteiger partial charge < -0.3 is 10.2 Å². The Morgan fingerprint density at radius 3 is 2.81 bits per heavy atom. The summed E-state index contributed by atoms with van der Waals surface area (Å²) in [7, 11) is 0. The molecule has 1 aromatic heterocycles. The molecule has 1 saturated carbocycles. The molecule has 1 amide bonds. The van der Waals surface area contributed by atoms with Gasteiger partial charge in [0.05, 0.1) is 10.7 Å². The van der Waals surface area contributed by atoms with E-state index in [1.54, 1.807) is 4.68 Å². The number of hydrogen-bond acceptors (Lipinski definition) is 4. The molecule has 1 atom stereocenters. The van der Waals surface area contributed by atoms with Crippen molar-refractivity contribution < 1.29 is 4.79 Å². The van der Waals surface area contributed by atoms with Crippen molar-refractivity contribution >= 4 is 17.5 Å². The van der Waals surface area contributed by atoms with Gasteiger partial charge in [0, 0.05) is 25.0 Å². The van der Waals surface area contributed by atoms with Gasteiger partial charge in [-0.15, -0.1) is 5.10 Å². The van der Waals surface area contributed by atoms with Crippen molar-refractivity contribution in [2.75, 3.05) is 19.6 Å². The van der Waals surface area contributed by atoms with Gasteiger partial charge in [-0.05, 0) is 44.4 Å². The SMILES string of the molecule is CCCN(C(=O)c1nc(C2CC2)n(-c2ccccc2Cl)n1)C1CCNC1. The van der Waals surface area contributed by atoms with Crippen LogP contribution in [0.5, 0.6) is 0 Å². The van der Waals surface area contributed by atoms with Gasteiger partial charge in [-0.2, -0.15) is 0 Å². The van der Waals surface area contributed by atoms with Crippen molar-refractivity contribution in [2.45, 2.75) is 44.6 Å². The molecule has 1 saturated heterocycles. The monoisotopic (exact) mass is 373 g/mol. The first kappa shape index (κ1) is 17.5. The van der Waals surface area contributed by atoms with E-state index in [2.05, 4.69) is 22.3 Å². The number of nitrogens with zero attached hydrogens (tertiary/aromatic N) is 4. The summed E-state index contributed by atoms with van der Waals surface area (Å²) in [5.74, 6) is 1.43. The van der Waals surface area contributed by atoms with Gasteiger partial charge in [0.15, 0.2) is 0 Å². The molecule has 2 aromatic rings. The number of aromatic nitrogens is 3. The molecule has 138 valence electrons. The van der Waals surface area contributed by atoms with E-state index >= 15 is 0 Å². The molecule has 0 radical (unpaired) electrons. The lowest BCUT2D eigenvalue weighted by Gasteiger charge is -2.26. The first-order chi connectivity index (χ1) is 12.7. The Labute approximate surface area is 158 Å². The second-order valence-corrected chi connectivity index (χ2v) is 7.48. The Balaban J connectivity index is 1.69. The lowest BCUT2D eigenvalue weighted by Crippen LogP contribution is -2.42. The van der Waals surface area contributed by atoms with Crippen molar-refractivity contribution in [1.29, 1.82) is 0 Å². The van der Waals surface area contributed by atoms with Crippen LogP contribution in [0.2, 0.25) is 5.02 Å². The first-order valence-electron chi connectivity index (χ1n) is 9.42. The Morgan fingerprint density at radius 1 is 1.35 bits per heavy atom. The van der Waals surface area contributed by atoms with Crippen LogP contribution in [-0.4, -0.2) is 51.2 Å². The van der Waals surface area contributed by atoms with E-state index in [1.165, 1.54) is 0 Å². The number of carbonyl (C=O) groups is 1. The first-order valence-corrected chi connectivity index (χ1v) is 9.80. The highest BCUT2D eigenvalue weighted by Gasteiger charge is 2.34. The molecule has 1 aromatic carbocycles. The highest BCUT2D eigenvalue weighted by molar-refractivity contribution is 6.32. The summed E-state index contributed by atoms with van der Waals surface area (Å²) in [6.45, 7) is 4.61. The number of nitrogens with one attached hydrogen (secondary N) is 1. The lowest BCUT2D eigenvalue weighted by atomic mass is 10.2. The Morgan fingerprint density at radius 2 is 2.15 bits per heavy atom. The Kier molecular flexibility index (Phi) is 4.96. The van der Waals surface area contributed by atoms with Gasteiger partial charge in [-0.3, -0.25) is 4.79 Å². The summed E-state index contributed by atoms with van der Waals surface area (Å²) >= 11 is 6.37. The van der Waals surface area contributed by atoms with Crippen LogP contribution in [0.1, 0.15) is 55.0 Å². The summed E-state index contributed by atoms with van der Waals surface area (Å²) in [6.07, 6.45) is 4.07. The molecule has 2 heterocycles. The van der Waals surface area contributed by atoms with Crippen molar-refractivity contribution in [2.24, 2.45) is 0 Å². The third-order valence-electron chi connectivity index (χ3n) is 5.05. The molecular formula is C19H24ClN5O. The zero-order chi connectivity index (χ0) is 18.1. The van der Waals surface area contributed by atoms with Crippen molar-refractivity contribution in [3.05, 3.63) is 40.9 Å². The average molecular weight is 374 g/mol. The molecule has 4 rings (SSSR count). The normalized spacial score (nSPS) is 19.7. The second-order valence-electron chi connectivity index (χ2n) is 7.08. The molecule has 1 unspecified atom stereocenters. The quantitative estimate of drug-likeness (QED) is 0.845. The number of amides is 1. The smallest absolute Gasteiger partial charge is 0.293 e. The van der Waals surface area contributed by atoms with Crippen LogP contribution in [0.15, 0.2) is 24.3 Å². The summed E-state index contributed by atoms with van der Waals surface area (Å²) in [5.41, 5.74) is 0.784. The summed E-state index contributed by atoms with van der Waals surface area (Å²) in [6, 6.07) is 7.79. The average Bonchev–Trinajstić information content (AvgIpc) is 3.18. The maximum absolute atomic E-state index is 13.2. The molecule has 1 aliphatic heterocycles. The van der Waals surface area contributed by atoms with E-state index in [0.29, 0.717) is 10.9 Å². The molecule has 0 bridgehead atoms. The molecule has 2 fully saturated rings. The number of hydrogen-bond donors (Lipinski definition) is 1. The van der Waals surface area contributed by atoms with Gasteiger partial charge in [-0.1, -0.05) is 30.7 Å². The van der Waals surface area contributed by atoms with Crippen molar-refractivity contribution in [3.8, 4) is 5.69 Å². The molecule has 1 aliphatic carbocycles. The fourth-order valence-corrected chi connectivity index (χ4v) is 3.76. The van der Waals surface area contributed by atoms with Gasteiger partial charge in [0.25, 0.3) is 5.91 Å². The second kappa shape index (κ2) is 7.37. The van der Waals surface area contributed by atoms with E-state index in [4.69, 9.17) is 11.6 Å². The van der Waals surface area contributed by atoms with E-state index < -0.39 is 0 Å². The maximum atomic E-state index is 13.2. The van der Waals surface area contributed by atoms with Gasteiger partial charge in [0.2, 0.25) is 5.82 Å². The largest absolute Gasteiger partial charge is 0.332 e. The molecule has 1 N–H and O–H groups in total. The third kappa shape index (κ3) is 3.35. The van der Waals surface area contributed by atoms with E-state index in [-0.39, 0.29) is 17.8 Å². The van der Waals surface area contributed by atoms with Crippen LogP contribution >= 0.6 is 11.6 Å². The zero-order valence-electron chi connectivity index (χ0n) is 15.0. The minimum Gasteiger partial charge on any atom is -0.332 e. The maximum Gasteiger partial charge on any atom is 0.293 e. The molecule has 26 heavy (non-hydrogen) atoms. The van der Waals surface area contributed by atoms with E-state index in [9.17, 15) is 4.79 Å². The fourth-order valence-electron chi connectivity index (χ4n) is 3.55. The number of carbonyl (C=O) groups excluding carboxylic acids is 1. The highest BCUT2D eigenvalue weighted by Crippen LogP contribution is 2.40. The predicted octanol–water partition coefficient (Wildman–Crippen LogP) is 3.01. The number of benzene rings is 1. The molecule has 7 heteroatoms. The Bertz CT molecular complexity index is 795. The van der Waals surface area contributed by atoms with Crippen molar-refractivity contribution in [3.63, 3.8) is 0 Å². The number of para-hydroxylation sites is 1. The van der Waals surface area contributed by atoms with Crippen LogP contribution < -0.4 is 5.32 Å². The molecular weight excluding hydrogens is 350 g/mol. The number of halogens is 1. The van der Waals surface area contributed by atoms with Crippen LogP contribution in [0.4, 0.5) is 0 Å². The molecule has 6 nitrogen and oxygen atoms in total. The van der Waals surface area contributed by atoms with E-state index in [0.717, 1.165) is 56.8 Å². The minimum atomic E-state index is -0.0757. The zero-order valence-corrected chi connectivity index (χ0v) is 15.7. The van der Waals surface area contributed by atoms with E-state index in [1.807, 2.05) is 29.2 Å². The predicted molar refractivity (Wildman–Crippen MR) is 101 cm³/mol. The van der Waals surface area contributed by atoms with Gasteiger partial charge in [0.1, 0.15) is 5.82 Å². The summed E-state index contributed by atoms with van der Waals surface area (Å²) in [4.78, 5) is 19.8. The van der Waals surface area contributed by atoms with Gasteiger partial charge in [-0.25, -0.2) is 9.67 Å². The van der Waals surface area contributed by atoms with Crippen molar-refractivity contribution in [1.82, 2.24) is 25.0 Å². The Hall–Kier alpha value is -1.92. The van der Waals surface area contributed by atoms with Crippen LogP contribution in [0, 0.1) is 0 Å². The fraction of sp³-hybridized carbons (Fsp3) is 0.526. The molecule has 0 spiro atoms. The van der Waals surface area contributed by atoms with Crippen LogP contribution in [0.3, 0.4) is 0 Å². The highest BCUT2D eigenvalue weighted by atomic mass is 35.5. The topological polar surface area (TPSA) is 63.1 Å². The lowest BCUT2D eigenvalue weighted by molar-refractivity contribution is 0.0679. The number of rotatable bonds is 6. The summed E-state index contributed by atoms with van der Waals surface area (Å²) < 4.78 is 1.77.